The second-order valence-corrected chi connectivity index (χ2v) is 5.20. The molecule has 1 atom stereocenters. The largest absolute Gasteiger partial charge is 0.380 e. The molecule has 2 rings (SSSR count). The summed E-state index contributed by atoms with van der Waals surface area (Å²) in [6.07, 6.45) is 1.32. The van der Waals surface area contributed by atoms with E-state index in [2.05, 4.69) is 34.5 Å². The zero-order chi connectivity index (χ0) is 12.8. The second-order valence-electron chi connectivity index (χ2n) is 5.20. The van der Waals surface area contributed by atoms with Crippen LogP contribution in [0.3, 0.4) is 0 Å². The lowest BCUT2D eigenvalue weighted by atomic mass is 10.1. The van der Waals surface area contributed by atoms with Crippen LogP contribution in [0.2, 0.25) is 0 Å². The maximum atomic E-state index is 5.12. The quantitative estimate of drug-likeness (QED) is 0.832. The van der Waals surface area contributed by atoms with Crippen LogP contribution in [0.15, 0.2) is 24.3 Å². The van der Waals surface area contributed by atoms with Crippen LogP contribution in [0, 0.1) is 5.92 Å². The van der Waals surface area contributed by atoms with Gasteiger partial charge in [0.25, 0.3) is 0 Å². The van der Waals surface area contributed by atoms with Crippen molar-refractivity contribution in [3.05, 3.63) is 35.4 Å². The van der Waals surface area contributed by atoms with E-state index in [1.807, 2.05) is 7.05 Å². The predicted octanol–water partition coefficient (Wildman–Crippen LogP) is 1.87. The van der Waals surface area contributed by atoms with Gasteiger partial charge in [-0.25, -0.2) is 0 Å². The Bertz CT molecular complexity index is 350. The van der Waals surface area contributed by atoms with Gasteiger partial charge in [-0.1, -0.05) is 24.3 Å². The molecule has 0 spiro atoms. The van der Waals surface area contributed by atoms with Crippen molar-refractivity contribution in [2.75, 3.05) is 33.8 Å². The van der Waals surface area contributed by atoms with Crippen LogP contribution in [0.4, 0.5) is 0 Å². The Morgan fingerprint density at radius 3 is 2.67 bits per heavy atom. The van der Waals surface area contributed by atoms with E-state index >= 15 is 0 Å². The lowest BCUT2D eigenvalue weighted by Gasteiger charge is -2.16. The average molecular weight is 248 g/mol. The predicted molar refractivity (Wildman–Crippen MR) is 74.5 cm³/mol. The van der Waals surface area contributed by atoms with Crippen molar-refractivity contribution >= 4 is 0 Å². The minimum Gasteiger partial charge on any atom is -0.380 e. The summed E-state index contributed by atoms with van der Waals surface area (Å²) in [5.74, 6) is 0.822. The Kier molecular flexibility index (Phi) is 5.17. The third-order valence-electron chi connectivity index (χ3n) is 3.60. The Morgan fingerprint density at radius 2 is 2.00 bits per heavy atom. The fourth-order valence-corrected chi connectivity index (χ4v) is 2.68. The lowest BCUT2D eigenvalue weighted by Crippen LogP contribution is -2.24. The molecule has 1 heterocycles. The molecule has 1 aromatic rings. The molecule has 0 aliphatic carbocycles. The zero-order valence-corrected chi connectivity index (χ0v) is 11.5. The highest BCUT2D eigenvalue weighted by Crippen LogP contribution is 2.18. The first-order valence-electron chi connectivity index (χ1n) is 6.75. The Labute approximate surface area is 110 Å². The number of nitrogens with zero attached hydrogens (tertiary/aromatic N) is 1. The molecule has 1 unspecified atom stereocenters. The minimum atomic E-state index is 0.703. The third-order valence-corrected chi connectivity index (χ3v) is 3.60. The molecule has 100 valence electrons. The molecule has 0 saturated carbocycles. The number of hydrogen-bond donors (Lipinski definition) is 1. The van der Waals surface area contributed by atoms with Gasteiger partial charge < -0.3 is 10.1 Å². The molecule has 0 aromatic heterocycles. The molecule has 1 aliphatic rings. The molecule has 1 aromatic carbocycles. The van der Waals surface area contributed by atoms with Gasteiger partial charge in [-0.2, -0.15) is 0 Å². The fourth-order valence-electron chi connectivity index (χ4n) is 2.68. The Morgan fingerprint density at radius 1 is 1.28 bits per heavy atom. The van der Waals surface area contributed by atoms with Crippen LogP contribution in [-0.4, -0.2) is 38.7 Å². The first kappa shape index (κ1) is 13.5. The molecular formula is C15H24N2O. The van der Waals surface area contributed by atoms with Gasteiger partial charge in [0, 0.05) is 20.2 Å². The Hall–Kier alpha value is -0.900. The fraction of sp³-hybridized carbons (Fsp3) is 0.600. The van der Waals surface area contributed by atoms with Crippen molar-refractivity contribution < 1.29 is 4.74 Å². The number of hydrogen-bond acceptors (Lipinski definition) is 3. The van der Waals surface area contributed by atoms with E-state index < -0.39 is 0 Å². The normalized spacial score (nSPS) is 20.4. The van der Waals surface area contributed by atoms with Gasteiger partial charge in [0.1, 0.15) is 0 Å². The highest BCUT2D eigenvalue weighted by molar-refractivity contribution is 5.22. The maximum absolute atomic E-state index is 5.12. The summed E-state index contributed by atoms with van der Waals surface area (Å²) < 4.78 is 5.12. The van der Waals surface area contributed by atoms with Crippen molar-refractivity contribution in [3.8, 4) is 0 Å². The molecule has 1 N–H and O–H groups in total. The third kappa shape index (κ3) is 3.80. The van der Waals surface area contributed by atoms with E-state index in [9.17, 15) is 0 Å². The highest BCUT2D eigenvalue weighted by atomic mass is 16.5. The van der Waals surface area contributed by atoms with Crippen LogP contribution in [0.25, 0.3) is 0 Å². The summed E-state index contributed by atoms with van der Waals surface area (Å²) in [6.45, 7) is 5.37. The van der Waals surface area contributed by atoms with E-state index in [4.69, 9.17) is 4.74 Å². The van der Waals surface area contributed by atoms with Gasteiger partial charge in [-0.3, -0.25) is 4.90 Å². The van der Waals surface area contributed by atoms with E-state index in [0.717, 1.165) is 19.0 Å². The van der Waals surface area contributed by atoms with Gasteiger partial charge in [0.15, 0.2) is 0 Å². The summed E-state index contributed by atoms with van der Waals surface area (Å²) in [5.41, 5.74) is 2.65. The molecule has 3 nitrogen and oxygen atoms in total. The second kappa shape index (κ2) is 6.88. The first-order chi connectivity index (χ1) is 8.81. The van der Waals surface area contributed by atoms with Crippen molar-refractivity contribution in [1.29, 1.82) is 0 Å². The van der Waals surface area contributed by atoms with Crippen LogP contribution in [0.1, 0.15) is 17.5 Å². The summed E-state index contributed by atoms with van der Waals surface area (Å²) >= 11 is 0. The molecule has 1 aliphatic heterocycles. The summed E-state index contributed by atoms with van der Waals surface area (Å²) in [7, 11) is 3.78. The molecule has 0 bridgehead atoms. The highest BCUT2D eigenvalue weighted by Gasteiger charge is 2.21. The van der Waals surface area contributed by atoms with Crippen LogP contribution in [-0.2, 0) is 17.9 Å². The summed E-state index contributed by atoms with van der Waals surface area (Å²) in [4.78, 5) is 2.55. The van der Waals surface area contributed by atoms with Crippen molar-refractivity contribution in [2.45, 2.75) is 19.6 Å². The maximum Gasteiger partial charge on any atom is 0.0713 e. The smallest absolute Gasteiger partial charge is 0.0713 e. The molecular weight excluding hydrogens is 224 g/mol. The summed E-state index contributed by atoms with van der Waals surface area (Å²) in [6, 6.07) is 8.78. The SMILES string of the molecule is CNCC1CCN(Cc2ccc(COC)cc2)C1. The van der Waals surface area contributed by atoms with E-state index in [1.54, 1.807) is 7.11 Å². The number of rotatable bonds is 6. The number of methoxy groups -OCH3 is 1. The van der Waals surface area contributed by atoms with Crippen LogP contribution >= 0.6 is 0 Å². The molecule has 0 amide bonds. The van der Waals surface area contributed by atoms with E-state index in [1.165, 1.54) is 30.6 Å². The van der Waals surface area contributed by atoms with E-state index in [0.29, 0.717) is 6.61 Å². The summed E-state index contributed by atoms with van der Waals surface area (Å²) in [5, 5.41) is 3.27. The monoisotopic (exact) mass is 248 g/mol. The molecule has 1 fully saturated rings. The first-order valence-corrected chi connectivity index (χ1v) is 6.75. The topological polar surface area (TPSA) is 24.5 Å². The molecule has 0 radical (unpaired) electrons. The zero-order valence-electron chi connectivity index (χ0n) is 11.5. The van der Waals surface area contributed by atoms with Crippen molar-refractivity contribution in [1.82, 2.24) is 10.2 Å². The standard InChI is InChI=1S/C15H24N2O/c1-16-9-15-7-8-17(11-15)10-13-3-5-14(6-4-13)12-18-2/h3-6,15-16H,7-12H2,1-2H3. The Balaban J connectivity index is 1.82. The van der Waals surface area contributed by atoms with Crippen molar-refractivity contribution in [2.24, 2.45) is 5.92 Å². The number of nitrogens with one attached hydrogen (secondary N) is 1. The number of benzene rings is 1. The van der Waals surface area contributed by atoms with Gasteiger partial charge in [0.2, 0.25) is 0 Å². The number of ether oxygens (including phenoxy) is 1. The van der Waals surface area contributed by atoms with E-state index in [-0.39, 0.29) is 0 Å². The average Bonchev–Trinajstić information content (AvgIpc) is 2.80. The van der Waals surface area contributed by atoms with Gasteiger partial charge in [-0.05, 0) is 43.6 Å². The lowest BCUT2D eigenvalue weighted by molar-refractivity contribution is 0.185. The molecule has 3 heteroatoms. The van der Waals surface area contributed by atoms with Gasteiger partial charge in [0.05, 0.1) is 6.61 Å². The number of likely N-dealkylation sites (tertiary alicyclic amines) is 1. The van der Waals surface area contributed by atoms with Gasteiger partial charge in [-0.15, -0.1) is 0 Å². The van der Waals surface area contributed by atoms with Crippen molar-refractivity contribution in [3.63, 3.8) is 0 Å². The van der Waals surface area contributed by atoms with Crippen LogP contribution in [0.5, 0.6) is 0 Å². The van der Waals surface area contributed by atoms with Crippen LogP contribution < -0.4 is 5.32 Å². The van der Waals surface area contributed by atoms with Gasteiger partial charge >= 0.3 is 0 Å². The molecule has 1 saturated heterocycles. The molecule has 18 heavy (non-hydrogen) atoms. The minimum absolute atomic E-state index is 0.703.